The molecule has 1 saturated heterocycles. The maximum atomic E-state index is 13.4. The number of likely N-dealkylation sites (tertiary alicyclic amines) is 1. The van der Waals surface area contributed by atoms with Gasteiger partial charge in [-0.2, -0.15) is 4.90 Å². The number of allylic oxidation sites excluding steroid dienone is 6. The zero-order valence-corrected chi connectivity index (χ0v) is 20.4. The fourth-order valence-corrected chi connectivity index (χ4v) is 6.15. The number of Topliss-reactive ketones (excluding diaryl/α,β-unsaturated/α-hetero) is 1. The molecule has 4 atom stereocenters. The summed E-state index contributed by atoms with van der Waals surface area (Å²) in [6.45, 7) is 1.57. The lowest BCUT2D eigenvalue weighted by Gasteiger charge is -2.42. The molecule has 0 spiro atoms. The van der Waals surface area contributed by atoms with Crippen molar-refractivity contribution in [2.75, 3.05) is 14.2 Å². The van der Waals surface area contributed by atoms with Gasteiger partial charge in [0.15, 0.2) is 23.1 Å². The van der Waals surface area contributed by atoms with Crippen molar-refractivity contribution in [3.8, 4) is 11.5 Å². The summed E-state index contributed by atoms with van der Waals surface area (Å²) in [6, 6.07) is 3.04. The Morgan fingerprint density at radius 2 is 1.83 bits per heavy atom. The highest BCUT2D eigenvalue weighted by Crippen LogP contribution is 2.56. The van der Waals surface area contributed by atoms with E-state index in [1.807, 2.05) is 6.08 Å². The Hall–Kier alpha value is -3.72. The van der Waals surface area contributed by atoms with E-state index in [9.17, 15) is 29.1 Å². The molecule has 1 aliphatic heterocycles. The topological polar surface area (TPSA) is 127 Å². The maximum absolute atomic E-state index is 13.4. The molecule has 186 valence electrons. The number of carbonyl (C=O) groups excluding carboxylic acids is 5. The van der Waals surface area contributed by atoms with Crippen molar-refractivity contribution >= 4 is 41.1 Å². The van der Waals surface area contributed by atoms with Gasteiger partial charge in [-0.1, -0.05) is 23.3 Å². The number of aromatic hydroxyl groups is 1. The molecule has 1 N–H and O–H groups in total. The first-order valence-electron chi connectivity index (χ1n) is 11.3. The van der Waals surface area contributed by atoms with E-state index in [1.165, 1.54) is 19.3 Å². The van der Waals surface area contributed by atoms with Gasteiger partial charge in [0, 0.05) is 22.6 Å². The molecule has 1 aromatic rings. The van der Waals surface area contributed by atoms with Crippen LogP contribution in [0.4, 0.5) is 4.79 Å². The fourth-order valence-electron chi connectivity index (χ4n) is 5.93. The number of hydrogen-bond donors (Lipinski definition) is 1. The Morgan fingerprint density at radius 1 is 1.11 bits per heavy atom. The largest absolute Gasteiger partial charge is 0.503 e. The molecule has 3 amide bonds. The third-order valence-corrected chi connectivity index (χ3v) is 7.81. The summed E-state index contributed by atoms with van der Waals surface area (Å²) in [5.74, 6) is -5.19. The standard InChI is InChI=1S/C26H22ClNO8/c1-10-6-17(29)15-9-14-12(4-5-13-20(14)25(33)28(24(13)32)26(34)36-3)19(21(15)22(10)30)11-7-16(27)23(31)18(8-11)35-2/h4,6-8,13-14,19-20,31H,5,9H2,1-3H3. The number of imide groups is 3. The summed E-state index contributed by atoms with van der Waals surface area (Å²) >= 11 is 6.28. The molecule has 0 bridgehead atoms. The molecule has 0 radical (unpaired) electrons. The first kappa shape index (κ1) is 24.0. The summed E-state index contributed by atoms with van der Waals surface area (Å²) in [5, 5.41) is 10.3. The number of carbonyl (C=O) groups is 5. The van der Waals surface area contributed by atoms with Crippen LogP contribution in [0.3, 0.4) is 0 Å². The minimum absolute atomic E-state index is 0.00579. The SMILES string of the molecule is COC(=O)N1C(=O)C2CC=C3C(c4cc(Cl)c(O)c(OC)c4)C4=C(CC3C2C1=O)C(=O)C=C(C)C4=O. The molecule has 1 aromatic carbocycles. The number of nitrogens with zero attached hydrogens (tertiary/aromatic N) is 1. The second kappa shape index (κ2) is 8.44. The van der Waals surface area contributed by atoms with Crippen molar-refractivity contribution in [3.05, 3.63) is 57.2 Å². The number of rotatable bonds is 2. The van der Waals surface area contributed by atoms with Gasteiger partial charge in [-0.05, 0) is 49.5 Å². The lowest BCUT2D eigenvalue weighted by atomic mass is 9.59. The van der Waals surface area contributed by atoms with Gasteiger partial charge in [0.2, 0.25) is 11.8 Å². The van der Waals surface area contributed by atoms with E-state index in [0.717, 1.165) is 7.11 Å². The number of amides is 3. The fraction of sp³-hybridized carbons (Fsp3) is 0.346. The number of ether oxygens (including phenoxy) is 2. The third-order valence-electron chi connectivity index (χ3n) is 7.53. The van der Waals surface area contributed by atoms with Gasteiger partial charge in [-0.3, -0.25) is 19.2 Å². The monoisotopic (exact) mass is 511 g/mol. The van der Waals surface area contributed by atoms with Crippen LogP contribution in [0, 0.1) is 17.8 Å². The Morgan fingerprint density at radius 3 is 2.50 bits per heavy atom. The van der Waals surface area contributed by atoms with Gasteiger partial charge in [-0.15, -0.1) is 0 Å². The Balaban J connectivity index is 1.71. The van der Waals surface area contributed by atoms with Crippen LogP contribution in [0.5, 0.6) is 11.5 Å². The molecular weight excluding hydrogens is 490 g/mol. The molecule has 4 aliphatic rings. The van der Waals surface area contributed by atoms with Crippen LogP contribution in [0.1, 0.15) is 31.2 Å². The number of benzene rings is 1. The number of methoxy groups -OCH3 is 2. The third kappa shape index (κ3) is 3.26. The first-order chi connectivity index (χ1) is 17.1. The molecule has 36 heavy (non-hydrogen) atoms. The lowest BCUT2D eigenvalue weighted by molar-refractivity contribution is -0.137. The van der Waals surface area contributed by atoms with E-state index in [-0.39, 0.29) is 57.6 Å². The van der Waals surface area contributed by atoms with E-state index in [4.69, 9.17) is 16.3 Å². The quantitative estimate of drug-likeness (QED) is 0.364. The molecule has 0 aromatic heterocycles. The number of hydrogen-bond acceptors (Lipinski definition) is 8. The number of phenolic OH excluding ortho intramolecular Hbond substituents is 1. The average molecular weight is 512 g/mol. The highest BCUT2D eigenvalue weighted by molar-refractivity contribution is 6.32. The number of phenols is 1. The van der Waals surface area contributed by atoms with E-state index in [0.29, 0.717) is 16.0 Å². The van der Waals surface area contributed by atoms with Crippen LogP contribution >= 0.6 is 11.6 Å². The van der Waals surface area contributed by atoms with Crippen LogP contribution in [0.2, 0.25) is 5.02 Å². The van der Waals surface area contributed by atoms with Gasteiger partial charge >= 0.3 is 6.09 Å². The van der Waals surface area contributed by atoms with E-state index >= 15 is 0 Å². The van der Waals surface area contributed by atoms with E-state index < -0.39 is 41.6 Å². The lowest BCUT2D eigenvalue weighted by Crippen LogP contribution is -2.40. The number of ketones is 2. The highest BCUT2D eigenvalue weighted by atomic mass is 35.5. The molecule has 1 heterocycles. The van der Waals surface area contributed by atoms with E-state index in [1.54, 1.807) is 13.0 Å². The summed E-state index contributed by atoms with van der Waals surface area (Å²) < 4.78 is 9.91. The Labute approximate surface area is 211 Å². The molecule has 3 aliphatic carbocycles. The van der Waals surface area contributed by atoms with Crippen LogP contribution in [0.25, 0.3) is 0 Å². The van der Waals surface area contributed by atoms with Gasteiger partial charge in [0.25, 0.3) is 0 Å². The van der Waals surface area contributed by atoms with Gasteiger partial charge in [0.05, 0.1) is 31.1 Å². The highest BCUT2D eigenvalue weighted by Gasteiger charge is 2.58. The summed E-state index contributed by atoms with van der Waals surface area (Å²) in [5.41, 5.74) is 2.01. The molecule has 5 rings (SSSR count). The predicted molar refractivity (Wildman–Crippen MR) is 125 cm³/mol. The van der Waals surface area contributed by atoms with Crippen LogP contribution < -0.4 is 4.74 Å². The number of halogens is 1. The first-order valence-corrected chi connectivity index (χ1v) is 11.7. The summed E-state index contributed by atoms with van der Waals surface area (Å²) in [7, 11) is 2.45. The molecule has 1 fully saturated rings. The zero-order chi connectivity index (χ0) is 26.0. The van der Waals surface area contributed by atoms with Crippen LogP contribution in [-0.4, -0.2) is 53.7 Å². The number of fused-ring (bicyclic) bond motifs is 3. The van der Waals surface area contributed by atoms with Crippen molar-refractivity contribution in [3.63, 3.8) is 0 Å². The molecular formula is C26H22ClNO8. The van der Waals surface area contributed by atoms with Crippen molar-refractivity contribution in [1.29, 1.82) is 0 Å². The minimum Gasteiger partial charge on any atom is -0.503 e. The van der Waals surface area contributed by atoms with Crippen molar-refractivity contribution < 1.29 is 38.6 Å². The Kier molecular flexibility index (Phi) is 5.63. The maximum Gasteiger partial charge on any atom is 0.423 e. The van der Waals surface area contributed by atoms with Crippen molar-refractivity contribution in [2.24, 2.45) is 17.8 Å². The van der Waals surface area contributed by atoms with E-state index in [2.05, 4.69) is 4.74 Å². The second-order valence-corrected chi connectivity index (χ2v) is 9.67. The average Bonchev–Trinajstić information content (AvgIpc) is 3.12. The van der Waals surface area contributed by atoms with Crippen LogP contribution in [-0.2, 0) is 23.9 Å². The van der Waals surface area contributed by atoms with Crippen molar-refractivity contribution in [1.82, 2.24) is 4.90 Å². The molecule has 0 saturated carbocycles. The molecule has 10 heteroatoms. The van der Waals surface area contributed by atoms with Crippen molar-refractivity contribution in [2.45, 2.75) is 25.7 Å². The predicted octanol–water partition coefficient (Wildman–Crippen LogP) is 3.25. The minimum atomic E-state index is -1.05. The summed E-state index contributed by atoms with van der Waals surface area (Å²) in [6.07, 6.45) is 2.29. The second-order valence-electron chi connectivity index (χ2n) is 9.26. The summed E-state index contributed by atoms with van der Waals surface area (Å²) in [4.78, 5) is 65.5. The van der Waals surface area contributed by atoms with Gasteiger partial charge < -0.3 is 14.6 Å². The molecule has 9 nitrogen and oxygen atoms in total. The van der Waals surface area contributed by atoms with Gasteiger partial charge in [0.1, 0.15) is 0 Å². The van der Waals surface area contributed by atoms with Crippen LogP contribution in [0.15, 0.2) is 46.6 Å². The Bertz CT molecular complexity index is 1370. The zero-order valence-electron chi connectivity index (χ0n) is 19.7. The normalized spacial score (nSPS) is 27.3. The molecule has 4 unspecified atom stereocenters. The smallest absolute Gasteiger partial charge is 0.423 e. The van der Waals surface area contributed by atoms with Gasteiger partial charge in [-0.25, -0.2) is 4.79 Å².